The summed E-state index contributed by atoms with van der Waals surface area (Å²) in [4.78, 5) is 13.6. The molecule has 0 aromatic heterocycles. The average molecular weight is 366 g/mol. The molecule has 9 heteroatoms. The summed E-state index contributed by atoms with van der Waals surface area (Å²) in [6.45, 7) is 0.586. The van der Waals surface area contributed by atoms with Crippen LogP contribution in [0.4, 0.5) is 4.39 Å². The van der Waals surface area contributed by atoms with Crippen molar-refractivity contribution in [1.82, 2.24) is 9.21 Å². The van der Waals surface area contributed by atoms with Gasteiger partial charge in [0.1, 0.15) is 5.82 Å². The maximum absolute atomic E-state index is 13.6. The third kappa shape index (κ3) is 3.35. The highest BCUT2D eigenvalue weighted by Gasteiger charge is 2.28. The molecule has 1 aliphatic rings. The van der Waals surface area contributed by atoms with Crippen LogP contribution in [0, 0.1) is 5.82 Å². The van der Waals surface area contributed by atoms with Crippen molar-refractivity contribution < 1.29 is 17.6 Å². The fraction of sp³-hybridized carbons (Fsp3) is 0.364. The lowest BCUT2D eigenvalue weighted by Crippen LogP contribution is -2.52. The lowest BCUT2D eigenvalue weighted by Gasteiger charge is -2.33. The maximum atomic E-state index is 13.6. The maximum Gasteiger partial charge on any atom is 0.277 e. The van der Waals surface area contributed by atoms with E-state index < -0.39 is 21.9 Å². The number of nitrogens with two attached hydrogens (primary N) is 1. The summed E-state index contributed by atoms with van der Waals surface area (Å²) in [5.74, 6) is -1.06. The molecule has 20 heavy (non-hydrogen) atoms. The van der Waals surface area contributed by atoms with Crippen molar-refractivity contribution in [2.75, 3.05) is 26.2 Å². The van der Waals surface area contributed by atoms with Gasteiger partial charge in [-0.25, -0.2) is 9.53 Å². The summed E-state index contributed by atoms with van der Waals surface area (Å²) >= 11 is 3.18. The number of carbonyl (C=O) groups is 1. The Morgan fingerprint density at radius 2 is 1.85 bits per heavy atom. The van der Waals surface area contributed by atoms with Crippen LogP contribution in [-0.4, -0.2) is 49.7 Å². The monoisotopic (exact) mass is 365 g/mol. The van der Waals surface area contributed by atoms with Crippen LogP contribution >= 0.6 is 15.9 Å². The molecule has 1 aromatic carbocycles. The van der Waals surface area contributed by atoms with Gasteiger partial charge in [0.15, 0.2) is 0 Å². The summed E-state index contributed by atoms with van der Waals surface area (Å²) in [5, 5.41) is 5.02. The van der Waals surface area contributed by atoms with E-state index >= 15 is 0 Å². The van der Waals surface area contributed by atoms with E-state index in [1.165, 1.54) is 23.1 Å². The predicted octanol–water partition coefficient (Wildman–Crippen LogP) is 0.550. The highest BCUT2D eigenvalue weighted by Crippen LogP contribution is 2.18. The predicted molar refractivity (Wildman–Crippen MR) is 74.7 cm³/mol. The molecule has 1 heterocycles. The molecule has 2 rings (SSSR count). The Hall–Kier alpha value is -1.03. The van der Waals surface area contributed by atoms with Gasteiger partial charge in [-0.2, -0.15) is 12.7 Å². The quantitative estimate of drug-likeness (QED) is 0.830. The van der Waals surface area contributed by atoms with Gasteiger partial charge < -0.3 is 4.90 Å². The van der Waals surface area contributed by atoms with Crippen molar-refractivity contribution in [3.05, 3.63) is 34.1 Å². The number of halogens is 2. The van der Waals surface area contributed by atoms with E-state index in [9.17, 15) is 17.6 Å². The highest BCUT2D eigenvalue weighted by atomic mass is 79.9. The molecule has 2 N–H and O–H groups in total. The number of benzene rings is 1. The SMILES string of the molecule is NS(=O)(=O)N1CCN(C(=O)c2cc(Br)ccc2F)CC1. The Bertz CT molecular complexity index is 630. The van der Waals surface area contributed by atoms with Crippen LogP contribution in [0.25, 0.3) is 0 Å². The Labute approximate surface area is 124 Å². The molecule has 1 saturated heterocycles. The van der Waals surface area contributed by atoms with Gasteiger partial charge in [0.25, 0.3) is 16.1 Å². The molecular formula is C11H13BrFN3O3S. The second kappa shape index (κ2) is 5.76. The standard InChI is InChI=1S/C11H13BrFN3O3S/c12-8-1-2-10(13)9(7-8)11(17)15-3-5-16(6-4-15)20(14,18)19/h1-2,7H,3-6H2,(H2,14,18,19). The smallest absolute Gasteiger partial charge is 0.277 e. The topological polar surface area (TPSA) is 83.7 Å². The molecule has 0 radical (unpaired) electrons. The molecule has 0 spiro atoms. The van der Waals surface area contributed by atoms with Crippen LogP contribution in [0.3, 0.4) is 0 Å². The van der Waals surface area contributed by atoms with Crippen LogP contribution in [0.1, 0.15) is 10.4 Å². The van der Waals surface area contributed by atoms with Crippen molar-refractivity contribution in [3.8, 4) is 0 Å². The van der Waals surface area contributed by atoms with Crippen molar-refractivity contribution in [3.63, 3.8) is 0 Å². The summed E-state index contributed by atoms with van der Waals surface area (Å²) in [6.07, 6.45) is 0. The zero-order valence-corrected chi connectivity index (χ0v) is 12.8. The number of rotatable bonds is 2. The Balaban J connectivity index is 2.11. The summed E-state index contributed by atoms with van der Waals surface area (Å²) in [7, 11) is -3.74. The van der Waals surface area contributed by atoms with Gasteiger partial charge in [-0.1, -0.05) is 15.9 Å². The summed E-state index contributed by atoms with van der Waals surface area (Å²) in [6, 6.07) is 4.12. The van der Waals surface area contributed by atoms with Gasteiger partial charge >= 0.3 is 0 Å². The summed E-state index contributed by atoms with van der Waals surface area (Å²) < 4.78 is 37.7. The number of hydrogen-bond donors (Lipinski definition) is 1. The number of carbonyl (C=O) groups excluding carboxylic acids is 1. The van der Waals surface area contributed by atoms with E-state index in [1.807, 2.05) is 0 Å². The zero-order chi connectivity index (χ0) is 14.9. The molecule has 1 aromatic rings. The fourth-order valence-electron chi connectivity index (χ4n) is 1.98. The first-order valence-electron chi connectivity index (χ1n) is 5.81. The lowest BCUT2D eigenvalue weighted by molar-refractivity contribution is 0.0693. The van der Waals surface area contributed by atoms with E-state index in [-0.39, 0.29) is 31.7 Å². The van der Waals surface area contributed by atoms with Crippen LogP contribution in [-0.2, 0) is 10.2 Å². The molecule has 1 amide bonds. The van der Waals surface area contributed by atoms with Gasteiger partial charge in [0.05, 0.1) is 5.56 Å². The highest BCUT2D eigenvalue weighted by molar-refractivity contribution is 9.10. The minimum absolute atomic E-state index is 0.0385. The van der Waals surface area contributed by atoms with Gasteiger partial charge in [-0.15, -0.1) is 0 Å². The summed E-state index contributed by atoms with van der Waals surface area (Å²) in [5.41, 5.74) is -0.0385. The minimum Gasteiger partial charge on any atom is -0.336 e. The zero-order valence-electron chi connectivity index (χ0n) is 10.4. The second-order valence-corrected chi connectivity index (χ2v) is 6.82. The van der Waals surface area contributed by atoms with Gasteiger partial charge in [0, 0.05) is 30.7 Å². The van der Waals surface area contributed by atoms with E-state index in [1.54, 1.807) is 0 Å². The third-order valence-electron chi connectivity index (χ3n) is 3.04. The van der Waals surface area contributed by atoms with Crippen molar-refractivity contribution in [2.45, 2.75) is 0 Å². The van der Waals surface area contributed by atoms with E-state index in [0.29, 0.717) is 4.47 Å². The van der Waals surface area contributed by atoms with Crippen molar-refractivity contribution in [1.29, 1.82) is 0 Å². The first-order chi connectivity index (χ1) is 9.29. The fourth-order valence-corrected chi connectivity index (χ4v) is 3.01. The van der Waals surface area contributed by atoms with Crippen LogP contribution in [0.2, 0.25) is 0 Å². The first-order valence-corrected chi connectivity index (χ1v) is 8.11. The number of hydrogen-bond acceptors (Lipinski definition) is 3. The van der Waals surface area contributed by atoms with E-state index in [0.717, 1.165) is 4.31 Å². The lowest BCUT2D eigenvalue weighted by atomic mass is 10.1. The van der Waals surface area contributed by atoms with Crippen LogP contribution in [0.15, 0.2) is 22.7 Å². The number of nitrogens with zero attached hydrogens (tertiary/aromatic N) is 2. The Morgan fingerprint density at radius 1 is 1.25 bits per heavy atom. The van der Waals surface area contributed by atoms with Gasteiger partial charge in [0.2, 0.25) is 0 Å². The largest absolute Gasteiger partial charge is 0.336 e. The molecule has 110 valence electrons. The molecule has 0 unspecified atom stereocenters. The van der Waals surface area contributed by atoms with Crippen molar-refractivity contribution in [2.24, 2.45) is 5.14 Å². The van der Waals surface area contributed by atoms with Crippen LogP contribution < -0.4 is 5.14 Å². The molecule has 6 nitrogen and oxygen atoms in total. The molecule has 1 fully saturated rings. The average Bonchev–Trinajstić information content (AvgIpc) is 2.40. The first kappa shape index (κ1) is 15.4. The molecule has 0 atom stereocenters. The molecular weight excluding hydrogens is 353 g/mol. The van der Waals surface area contributed by atoms with Crippen LogP contribution in [0.5, 0.6) is 0 Å². The molecule has 0 aliphatic carbocycles. The van der Waals surface area contributed by atoms with Gasteiger partial charge in [-0.05, 0) is 18.2 Å². The normalized spacial score (nSPS) is 17.2. The van der Waals surface area contributed by atoms with Gasteiger partial charge in [-0.3, -0.25) is 4.79 Å². The Kier molecular flexibility index (Phi) is 4.43. The minimum atomic E-state index is -3.74. The molecule has 1 aliphatic heterocycles. The molecule has 0 saturated carbocycles. The Morgan fingerprint density at radius 3 is 2.40 bits per heavy atom. The van der Waals surface area contributed by atoms with E-state index in [2.05, 4.69) is 15.9 Å². The third-order valence-corrected chi connectivity index (χ3v) is 4.62. The molecule has 0 bridgehead atoms. The van der Waals surface area contributed by atoms with E-state index in [4.69, 9.17) is 5.14 Å². The second-order valence-electron chi connectivity index (χ2n) is 4.36. The number of amides is 1. The number of piperazine rings is 1. The van der Waals surface area contributed by atoms with Crippen molar-refractivity contribution >= 4 is 32.0 Å².